The van der Waals surface area contributed by atoms with Crippen molar-refractivity contribution in [1.82, 2.24) is 5.32 Å². The number of alkyl halides is 3. The molecule has 0 aliphatic carbocycles. The minimum atomic E-state index is -5.02. The predicted octanol–water partition coefficient (Wildman–Crippen LogP) is 3.34. The molecular weight excluding hydrogens is 323 g/mol. The van der Waals surface area contributed by atoms with Crippen molar-refractivity contribution < 1.29 is 27.8 Å². The highest BCUT2D eigenvalue weighted by atomic mass is 19.4. The fraction of sp³-hybridized carbons (Fsp3) is 0.353. The van der Waals surface area contributed by atoms with E-state index in [9.17, 15) is 23.1 Å². The Kier molecular flexibility index (Phi) is 4.75. The molecule has 2 rings (SSSR count). The normalized spacial score (nSPS) is 13.6. The summed E-state index contributed by atoms with van der Waals surface area (Å²) in [6, 6.07) is 8.93. The standard InChI is InChI=1S/C17H18F3NO3/c1-16(2,23)14(21-15(22)17(18,19)20)11-7-8-12-10(9-11)5-4-6-13(12)24-3/h4-9,14,23H,1-3H3,(H,21,22). The highest BCUT2D eigenvalue weighted by Gasteiger charge is 2.42. The number of fused-ring (bicyclic) bond motifs is 1. The van der Waals surface area contributed by atoms with Gasteiger partial charge in [-0.25, -0.2) is 0 Å². The molecule has 0 fully saturated rings. The van der Waals surface area contributed by atoms with Crippen molar-refractivity contribution in [3.05, 3.63) is 42.0 Å². The maximum absolute atomic E-state index is 12.6. The fourth-order valence-corrected chi connectivity index (χ4v) is 2.51. The van der Waals surface area contributed by atoms with Crippen LogP contribution in [-0.4, -0.2) is 29.9 Å². The number of benzene rings is 2. The number of nitrogens with one attached hydrogen (secondary N) is 1. The summed E-state index contributed by atoms with van der Waals surface area (Å²) in [5.41, 5.74) is -1.23. The zero-order chi connectivity index (χ0) is 18.1. The van der Waals surface area contributed by atoms with Gasteiger partial charge in [0.05, 0.1) is 18.8 Å². The van der Waals surface area contributed by atoms with Crippen molar-refractivity contribution in [3.63, 3.8) is 0 Å². The summed E-state index contributed by atoms with van der Waals surface area (Å²) >= 11 is 0. The van der Waals surface area contributed by atoms with Gasteiger partial charge in [0.25, 0.3) is 0 Å². The van der Waals surface area contributed by atoms with Gasteiger partial charge in [-0.2, -0.15) is 13.2 Å². The molecule has 0 heterocycles. The molecule has 4 nitrogen and oxygen atoms in total. The Balaban J connectivity index is 2.47. The van der Waals surface area contributed by atoms with E-state index in [1.54, 1.807) is 36.4 Å². The molecule has 0 saturated heterocycles. The van der Waals surface area contributed by atoms with Crippen molar-refractivity contribution in [3.8, 4) is 5.75 Å². The summed E-state index contributed by atoms with van der Waals surface area (Å²) in [6.45, 7) is 2.67. The predicted molar refractivity (Wildman–Crippen MR) is 83.7 cm³/mol. The zero-order valence-electron chi connectivity index (χ0n) is 13.4. The average molecular weight is 341 g/mol. The van der Waals surface area contributed by atoms with Gasteiger partial charge in [0, 0.05) is 5.39 Å². The minimum Gasteiger partial charge on any atom is -0.496 e. The smallest absolute Gasteiger partial charge is 0.471 e. The second-order valence-electron chi connectivity index (χ2n) is 6.00. The molecule has 2 aromatic rings. The third kappa shape index (κ3) is 3.79. The molecule has 24 heavy (non-hydrogen) atoms. The summed E-state index contributed by atoms with van der Waals surface area (Å²) in [6.07, 6.45) is -5.02. The van der Waals surface area contributed by atoms with Gasteiger partial charge < -0.3 is 15.2 Å². The Bertz CT molecular complexity index is 751. The van der Waals surface area contributed by atoms with Crippen LogP contribution in [0.2, 0.25) is 0 Å². The first-order valence-corrected chi connectivity index (χ1v) is 7.21. The quantitative estimate of drug-likeness (QED) is 0.897. The minimum absolute atomic E-state index is 0.362. The molecule has 7 heteroatoms. The molecular formula is C17H18F3NO3. The number of ether oxygens (including phenoxy) is 1. The van der Waals surface area contributed by atoms with Crippen LogP contribution >= 0.6 is 0 Å². The number of rotatable bonds is 4. The summed E-state index contributed by atoms with van der Waals surface area (Å²) in [7, 11) is 1.52. The largest absolute Gasteiger partial charge is 0.496 e. The maximum Gasteiger partial charge on any atom is 0.471 e. The van der Waals surface area contributed by atoms with E-state index in [2.05, 4.69) is 0 Å². The first kappa shape index (κ1) is 18.1. The maximum atomic E-state index is 12.6. The molecule has 0 aliphatic rings. The van der Waals surface area contributed by atoms with Crippen molar-refractivity contribution >= 4 is 16.7 Å². The molecule has 1 amide bonds. The number of hydrogen-bond donors (Lipinski definition) is 2. The van der Waals surface area contributed by atoms with Crippen LogP contribution < -0.4 is 10.1 Å². The van der Waals surface area contributed by atoms with Gasteiger partial charge in [-0.1, -0.05) is 24.3 Å². The van der Waals surface area contributed by atoms with E-state index in [0.29, 0.717) is 11.3 Å². The Morgan fingerprint density at radius 3 is 2.42 bits per heavy atom. The number of carbonyl (C=O) groups excluding carboxylic acids is 1. The lowest BCUT2D eigenvalue weighted by Gasteiger charge is -2.31. The second kappa shape index (κ2) is 6.32. The van der Waals surface area contributed by atoms with Crippen LogP contribution in [0.1, 0.15) is 25.5 Å². The number of hydrogen-bond acceptors (Lipinski definition) is 3. The highest BCUT2D eigenvalue weighted by Crippen LogP contribution is 2.32. The van der Waals surface area contributed by atoms with E-state index in [-0.39, 0.29) is 0 Å². The van der Waals surface area contributed by atoms with E-state index < -0.39 is 23.7 Å². The topological polar surface area (TPSA) is 58.6 Å². The fourth-order valence-electron chi connectivity index (χ4n) is 2.51. The molecule has 2 N–H and O–H groups in total. The van der Waals surface area contributed by atoms with Gasteiger partial charge in [-0.3, -0.25) is 4.79 Å². The van der Waals surface area contributed by atoms with Gasteiger partial charge in [0.15, 0.2) is 0 Å². The number of amides is 1. The van der Waals surface area contributed by atoms with Gasteiger partial charge in [0.1, 0.15) is 5.75 Å². The Hall–Kier alpha value is -2.28. The third-order valence-corrected chi connectivity index (χ3v) is 3.66. The Morgan fingerprint density at radius 2 is 1.88 bits per heavy atom. The summed E-state index contributed by atoms with van der Waals surface area (Å²) < 4.78 is 42.9. The lowest BCUT2D eigenvalue weighted by atomic mass is 9.90. The molecule has 0 saturated carbocycles. The summed E-state index contributed by atoms with van der Waals surface area (Å²) in [5.74, 6) is -1.47. The van der Waals surface area contributed by atoms with E-state index >= 15 is 0 Å². The molecule has 1 atom stereocenters. The van der Waals surface area contributed by atoms with E-state index in [1.165, 1.54) is 21.0 Å². The SMILES string of the molecule is COc1cccc2cc(C(NC(=O)C(F)(F)F)C(C)(C)O)ccc12. The van der Waals surface area contributed by atoms with Crippen LogP contribution in [0.4, 0.5) is 13.2 Å². The average Bonchev–Trinajstić information content (AvgIpc) is 2.49. The van der Waals surface area contributed by atoms with Crippen molar-refractivity contribution in [2.75, 3.05) is 7.11 Å². The third-order valence-electron chi connectivity index (χ3n) is 3.66. The van der Waals surface area contributed by atoms with Crippen molar-refractivity contribution in [1.29, 1.82) is 0 Å². The van der Waals surface area contributed by atoms with Gasteiger partial charge >= 0.3 is 12.1 Å². The van der Waals surface area contributed by atoms with Gasteiger partial charge in [-0.15, -0.1) is 0 Å². The number of halogens is 3. The Labute approximate surface area is 137 Å². The monoisotopic (exact) mass is 341 g/mol. The van der Waals surface area contributed by atoms with Crippen LogP contribution in [0, 0.1) is 0 Å². The molecule has 0 radical (unpaired) electrons. The Morgan fingerprint density at radius 1 is 1.21 bits per heavy atom. The van der Waals surface area contributed by atoms with Crippen molar-refractivity contribution in [2.45, 2.75) is 31.7 Å². The molecule has 0 aromatic heterocycles. The number of methoxy groups -OCH3 is 1. The zero-order valence-corrected chi connectivity index (χ0v) is 13.4. The van der Waals surface area contributed by atoms with Crippen molar-refractivity contribution in [2.24, 2.45) is 0 Å². The molecule has 0 spiro atoms. The summed E-state index contributed by atoms with van der Waals surface area (Å²) in [4.78, 5) is 11.3. The lowest BCUT2D eigenvalue weighted by molar-refractivity contribution is -0.176. The van der Waals surface area contributed by atoms with Crippen LogP contribution in [0.15, 0.2) is 36.4 Å². The van der Waals surface area contributed by atoms with Gasteiger partial charge in [-0.05, 0) is 36.9 Å². The van der Waals surface area contributed by atoms with E-state index in [4.69, 9.17) is 4.74 Å². The van der Waals surface area contributed by atoms with Gasteiger partial charge in [0.2, 0.25) is 0 Å². The number of carbonyl (C=O) groups is 1. The first-order chi connectivity index (χ1) is 11.0. The molecule has 0 bridgehead atoms. The second-order valence-corrected chi connectivity index (χ2v) is 6.00. The van der Waals surface area contributed by atoms with E-state index in [1.807, 2.05) is 5.32 Å². The van der Waals surface area contributed by atoms with E-state index in [0.717, 1.165) is 10.8 Å². The first-order valence-electron chi connectivity index (χ1n) is 7.21. The van der Waals surface area contributed by atoms with Crippen LogP contribution in [0.3, 0.4) is 0 Å². The molecule has 1 unspecified atom stereocenters. The highest BCUT2D eigenvalue weighted by molar-refractivity contribution is 5.89. The van der Waals surface area contributed by atoms with Crippen LogP contribution in [-0.2, 0) is 4.79 Å². The summed E-state index contributed by atoms with van der Waals surface area (Å²) in [5, 5.41) is 13.6. The van der Waals surface area contributed by atoms with Crippen LogP contribution in [0.25, 0.3) is 10.8 Å². The van der Waals surface area contributed by atoms with Crippen LogP contribution in [0.5, 0.6) is 5.75 Å². The number of aliphatic hydroxyl groups is 1. The molecule has 0 aliphatic heterocycles. The molecule has 2 aromatic carbocycles. The molecule has 130 valence electrons. The lowest BCUT2D eigenvalue weighted by Crippen LogP contribution is -2.46.